The van der Waals surface area contributed by atoms with Gasteiger partial charge in [-0.05, 0) is 30.3 Å². The van der Waals surface area contributed by atoms with Crippen LogP contribution in [0.2, 0.25) is 30.1 Å². The molecule has 0 unspecified atom stereocenters. The molecule has 1 heterocycles. The highest BCUT2D eigenvalue weighted by Crippen LogP contribution is 2.43. The Morgan fingerprint density at radius 2 is 1.07 bits per heavy atom. The van der Waals surface area contributed by atoms with Gasteiger partial charge < -0.3 is 0 Å². The van der Waals surface area contributed by atoms with Crippen LogP contribution in [0.25, 0.3) is 22.4 Å². The number of rotatable bonds is 2. The Bertz CT molecular complexity index is 1080. The molecule has 0 aliphatic rings. The molecule has 0 atom stereocenters. The molecule has 0 saturated carbocycles. The minimum atomic E-state index is -4.73. The fraction of sp³-hybridized carbons (Fsp3) is 0.0556. The maximum atomic E-state index is 13.8. The average molecular weight is 506 g/mol. The highest BCUT2D eigenvalue weighted by atomic mass is 35.5. The molecule has 1 aromatic heterocycles. The molecule has 3 aromatic rings. The van der Waals surface area contributed by atoms with Crippen LogP contribution in [-0.4, -0.2) is 4.98 Å². The zero-order valence-electron chi connectivity index (χ0n) is 13.3. The van der Waals surface area contributed by atoms with Crippen molar-refractivity contribution in [2.75, 3.05) is 0 Å². The molecule has 3 rings (SSSR count). The van der Waals surface area contributed by atoms with E-state index in [0.717, 1.165) is 6.07 Å². The molecule has 28 heavy (non-hydrogen) atoms. The standard InChI is InChI=1S/C18H6Cl6F3N/c19-11-4-15(23)13(21)2-8(11)7-1-10(18(25,26)27)17(28-6-7)9-3-14(22)16(24)5-12(9)20/h1-6H. The maximum absolute atomic E-state index is 13.8. The molecule has 0 radical (unpaired) electrons. The molecule has 0 N–H and O–H groups in total. The average Bonchev–Trinajstić information content (AvgIpc) is 2.60. The van der Waals surface area contributed by atoms with Crippen molar-refractivity contribution >= 4 is 69.6 Å². The van der Waals surface area contributed by atoms with Gasteiger partial charge >= 0.3 is 6.18 Å². The Morgan fingerprint density at radius 1 is 0.607 bits per heavy atom. The summed E-state index contributed by atoms with van der Waals surface area (Å²) in [6, 6.07) is 6.11. The van der Waals surface area contributed by atoms with Crippen molar-refractivity contribution in [2.45, 2.75) is 6.18 Å². The lowest BCUT2D eigenvalue weighted by molar-refractivity contribution is -0.137. The summed E-state index contributed by atoms with van der Waals surface area (Å²) in [5, 5.41) is 0.595. The monoisotopic (exact) mass is 503 g/mol. The van der Waals surface area contributed by atoms with Crippen LogP contribution in [0, 0.1) is 0 Å². The van der Waals surface area contributed by atoms with E-state index in [9.17, 15) is 13.2 Å². The van der Waals surface area contributed by atoms with Crippen LogP contribution >= 0.6 is 69.6 Å². The number of aromatic nitrogens is 1. The molecule has 0 aliphatic carbocycles. The molecule has 0 spiro atoms. The van der Waals surface area contributed by atoms with Crippen LogP contribution in [-0.2, 0) is 6.18 Å². The zero-order chi connectivity index (χ0) is 20.8. The Labute approximate surface area is 187 Å². The molecule has 0 amide bonds. The molecule has 2 aromatic carbocycles. The van der Waals surface area contributed by atoms with Gasteiger partial charge in [0.2, 0.25) is 0 Å². The first-order chi connectivity index (χ1) is 13.0. The Hall–Kier alpha value is -0.880. The summed E-state index contributed by atoms with van der Waals surface area (Å²) in [6.45, 7) is 0. The second-order valence-electron chi connectivity index (χ2n) is 5.61. The predicted octanol–water partition coefficient (Wildman–Crippen LogP) is 9.35. The smallest absolute Gasteiger partial charge is 0.255 e. The van der Waals surface area contributed by atoms with Crippen LogP contribution in [0.3, 0.4) is 0 Å². The SMILES string of the molecule is FC(F)(F)c1cc(-c2cc(Cl)c(Cl)cc2Cl)cnc1-c1cc(Cl)c(Cl)cc1Cl. The summed E-state index contributed by atoms with van der Waals surface area (Å²) >= 11 is 35.8. The van der Waals surface area contributed by atoms with E-state index in [4.69, 9.17) is 69.6 Å². The first kappa shape index (κ1) is 21.8. The lowest BCUT2D eigenvalue weighted by Crippen LogP contribution is -2.09. The maximum Gasteiger partial charge on any atom is 0.418 e. The topological polar surface area (TPSA) is 12.9 Å². The van der Waals surface area contributed by atoms with Gasteiger partial charge in [0.25, 0.3) is 0 Å². The summed E-state index contributed by atoms with van der Waals surface area (Å²) in [7, 11) is 0. The highest BCUT2D eigenvalue weighted by Gasteiger charge is 2.36. The van der Waals surface area contributed by atoms with Crippen molar-refractivity contribution in [3.05, 3.63) is 72.2 Å². The normalized spacial score (nSPS) is 11.8. The Morgan fingerprint density at radius 3 is 1.61 bits per heavy atom. The van der Waals surface area contributed by atoms with Crippen LogP contribution in [0.5, 0.6) is 0 Å². The molecule has 1 nitrogen and oxygen atoms in total. The van der Waals surface area contributed by atoms with E-state index in [-0.39, 0.29) is 46.8 Å². The lowest BCUT2D eigenvalue weighted by Gasteiger charge is -2.16. The summed E-state index contributed by atoms with van der Waals surface area (Å²) in [6.07, 6.45) is -3.49. The van der Waals surface area contributed by atoms with Gasteiger partial charge in [-0.15, -0.1) is 0 Å². The fourth-order valence-electron chi connectivity index (χ4n) is 2.49. The van der Waals surface area contributed by atoms with Gasteiger partial charge in [0.15, 0.2) is 0 Å². The number of pyridine rings is 1. The van der Waals surface area contributed by atoms with Crippen molar-refractivity contribution in [1.82, 2.24) is 4.98 Å². The second kappa shape index (κ2) is 8.10. The van der Waals surface area contributed by atoms with E-state index in [2.05, 4.69) is 4.98 Å². The third-order valence-corrected chi connectivity index (χ3v) is 5.85. The predicted molar refractivity (Wildman–Crippen MR) is 110 cm³/mol. The molecule has 10 heteroatoms. The van der Waals surface area contributed by atoms with Crippen LogP contribution in [0.15, 0.2) is 36.5 Å². The van der Waals surface area contributed by atoms with Crippen LogP contribution in [0.4, 0.5) is 13.2 Å². The molecular formula is C18H6Cl6F3N. The van der Waals surface area contributed by atoms with E-state index in [1.165, 1.54) is 30.5 Å². The van der Waals surface area contributed by atoms with Crippen LogP contribution < -0.4 is 0 Å². The second-order valence-corrected chi connectivity index (χ2v) is 8.05. The van der Waals surface area contributed by atoms with Crippen molar-refractivity contribution in [2.24, 2.45) is 0 Å². The zero-order valence-corrected chi connectivity index (χ0v) is 17.8. The van der Waals surface area contributed by atoms with E-state index in [1.807, 2.05) is 0 Å². The summed E-state index contributed by atoms with van der Waals surface area (Å²) in [4.78, 5) is 3.98. The van der Waals surface area contributed by atoms with Gasteiger partial charge in [-0.1, -0.05) is 69.6 Å². The van der Waals surface area contributed by atoms with Crippen molar-refractivity contribution in [3.8, 4) is 22.4 Å². The molecular weight excluding hydrogens is 500 g/mol. The van der Waals surface area contributed by atoms with Gasteiger partial charge in [0, 0.05) is 22.9 Å². The number of benzene rings is 2. The van der Waals surface area contributed by atoms with Crippen LogP contribution in [0.1, 0.15) is 5.56 Å². The molecule has 0 aliphatic heterocycles. The van der Waals surface area contributed by atoms with Gasteiger partial charge in [0.1, 0.15) is 0 Å². The van der Waals surface area contributed by atoms with Crippen molar-refractivity contribution < 1.29 is 13.2 Å². The highest BCUT2D eigenvalue weighted by molar-refractivity contribution is 6.44. The molecule has 0 fully saturated rings. The van der Waals surface area contributed by atoms with Gasteiger partial charge in [-0.2, -0.15) is 13.2 Å². The first-order valence-corrected chi connectivity index (χ1v) is 9.63. The lowest BCUT2D eigenvalue weighted by atomic mass is 10.00. The van der Waals surface area contributed by atoms with Gasteiger partial charge in [0.05, 0.1) is 41.4 Å². The minimum Gasteiger partial charge on any atom is -0.255 e. The minimum absolute atomic E-state index is 0.00447. The summed E-state index contributed by atoms with van der Waals surface area (Å²) < 4.78 is 41.3. The van der Waals surface area contributed by atoms with Gasteiger partial charge in [-0.3, -0.25) is 4.98 Å². The van der Waals surface area contributed by atoms with E-state index in [1.54, 1.807) is 0 Å². The third kappa shape index (κ3) is 4.33. The Balaban J connectivity index is 2.26. The molecule has 0 bridgehead atoms. The number of halogens is 9. The number of alkyl halides is 3. The Kier molecular flexibility index (Phi) is 6.31. The van der Waals surface area contributed by atoms with E-state index >= 15 is 0 Å². The number of hydrogen-bond donors (Lipinski definition) is 0. The quantitative estimate of drug-likeness (QED) is 0.316. The van der Waals surface area contributed by atoms with E-state index < -0.39 is 17.4 Å². The van der Waals surface area contributed by atoms with Crippen molar-refractivity contribution in [3.63, 3.8) is 0 Å². The fourth-order valence-corrected chi connectivity index (χ4v) is 3.78. The summed E-state index contributed by atoms with van der Waals surface area (Å²) in [5.41, 5.74) is -1.06. The van der Waals surface area contributed by atoms with Gasteiger partial charge in [-0.25, -0.2) is 0 Å². The third-order valence-electron chi connectivity index (χ3n) is 3.78. The first-order valence-electron chi connectivity index (χ1n) is 7.36. The van der Waals surface area contributed by atoms with E-state index in [0.29, 0.717) is 0 Å². The number of hydrogen-bond acceptors (Lipinski definition) is 1. The molecule has 146 valence electrons. The largest absolute Gasteiger partial charge is 0.418 e. The van der Waals surface area contributed by atoms with Crippen molar-refractivity contribution in [1.29, 1.82) is 0 Å². The summed E-state index contributed by atoms with van der Waals surface area (Å²) in [5.74, 6) is 0. The number of nitrogens with zero attached hydrogens (tertiary/aromatic N) is 1. The molecule has 0 saturated heterocycles.